The number of nitrogens with one attached hydrogen (secondary N) is 1. The predicted molar refractivity (Wildman–Crippen MR) is 72.6 cm³/mol. The first-order valence-corrected chi connectivity index (χ1v) is 7.16. The Morgan fingerprint density at radius 3 is 3.12 bits per heavy atom. The SMILES string of the molecule is O=[N+]([O-])c1cncc(Br)c1NCC1CCCS1. The van der Waals surface area contributed by atoms with Gasteiger partial charge in [0, 0.05) is 18.0 Å². The van der Waals surface area contributed by atoms with Crippen LogP contribution in [0.1, 0.15) is 12.8 Å². The Morgan fingerprint density at radius 2 is 2.47 bits per heavy atom. The third-order valence-electron chi connectivity index (χ3n) is 2.61. The summed E-state index contributed by atoms with van der Waals surface area (Å²) < 4.78 is 0.634. The van der Waals surface area contributed by atoms with Crippen molar-refractivity contribution in [2.45, 2.75) is 18.1 Å². The molecular weight excluding hydrogens is 306 g/mol. The zero-order valence-corrected chi connectivity index (χ0v) is 11.5. The number of anilines is 1. The number of rotatable bonds is 4. The van der Waals surface area contributed by atoms with Crippen molar-refractivity contribution < 1.29 is 4.92 Å². The van der Waals surface area contributed by atoms with Gasteiger partial charge in [-0.1, -0.05) is 0 Å². The molecule has 1 aromatic heterocycles. The number of nitro groups is 1. The van der Waals surface area contributed by atoms with Gasteiger partial charge in [-0.3, -0.25) is 15.1 Å². The molecule has 0 radical (unpaired) electrons. The fourth-order valence-electron chi connectivity index (χ4n) is 1.76. The van der Waals surface area contributed by atoms with Gasteiger partial charge in [0.25, 0.3) is 0 Å². The summed E-state index contributed by atoms with van der Waals surface area (Å²) in [5.41, 5.74) is 0.542. The van der Waals surface area contributed by atoms with E-state index in [1.165, 1.54) is 24.8 Å². The van der Waals surface area contributed by atoms with Crippen LogP contribution in [0, 0.1) is 10.1 Å². The Bertz CT molecular complexity index is 424. The van der Waals surface area contributed by atoms with Gasteiger partial charge >= 0.3 is 5.69 Å². The summed E-state index contributed by atoms with van der Waals surface area (Å²) in [4.78, 5) is 14.3. The van der Waals surface area contributed by atoms with E-state index < -0.39 is 4.92 Å². The molecule has 1 atom stereocenters. The fraction of sp³-hybridized carbons (Fsp3) is 0.500. The largest absolute Gasteiger partial charge is 0.377 e. The Balaban J connectivity index is 2.10. The third kappa shape index (κ3) is 3.10. The van der Waals surface area contributed by atoms with Crippen LogP contribution in [0.3, 0.4) is 0 Å². The molecule has 0 spiro atoms. The molecule has 0 aliphatic carbocycles. The van der Waals surface area contributed by atoms with Gasteiger partial charge < -0.3 is 5.32 Å². The van der Waals surface area contributed by atoms with Crippen LogP contribution in [0.15, 0.2) is 16.9 Å². The molecule has 0 bridgehead atoms. The standard InChI is InChI=1S/C10H12BrN3O2S/c11-8-5-12-6-9(14(15)16)10(8)13-4-7-2-1-3-17-7/h5-7H,1-4H2,(H,12,13). The zero-order valence-electron chi connectivity index (χ0n) is 9.06. The Labute approximate surface area is 112 Å². The highest BCUT2D eigenvalue weighted by molar-refractivity contribution is 9.10. The van der Waals surface area contributed by atoms with E-state index in [1.807, 2.05) is 11.8 Å². The predicted octanol–water partition coefficient (Wildman–Crippen LogP) is 3.06. The molecule has 1 unspecified atom stereocenters. The number of hydrogen-bond donors (Lipinski definition) is 1. The Kier molecular flexibility index (Phi) is 4.22. The summed E-state index contributed by atoms with van der Waals surface area (Å²) in [6.07, 6.45) is 5.25. The van der Waals surface area contributed by atoms with Crippen molar-refractivity contribution in [2.24, 2.45) is 0 Å². The molecule has 1 saturated heterocycles. The fourth-order valence-corrected chi connectivity index (χ4v) is 3.42. The molecule has 1 aromatic rings. The lowest BCUT2D eigenvalue weighted by Gasteiger charge is -2.12. The molecule has 1 aliphatic rings. The Hall–Kier alpha value is -0.820. The monoisotopic (exact) mass is 317 g/mol. The lowest BCUT2D eigenvalue weighted by molar-refractivity contribution is -0.384. The van der Waals surface area contributed by atoms with Gasteiger partial charge in [0.1, 0.15) is 11.9 Å². The normalized spacial score (nSPS) is 19.2. The van der Waals surface area contributed by atoms with E-state index in [-0.39, 0.29) is 5.69 Å². The van der Waals surface area contributed by atoms with Crippen LogP contribution in [0.2, 0.25) is 0 Å². The second-order valence-electron chi connectivity index (χ2n) is 3.79. The maximum Gasteiger partial charge on any atom is 0.311 e. The van der Waals surface area contributed by atoms with Crippen molar-refractivity contribution >= 4 is 39.1 Å². The van der Waals surface area contributed by atoms with Gasteiger partial charge in [0.2, 0.25) is 0 Å². The van der Waals surface area contributed by atoms with Crippen LogP contribution in [0.4, 0.5) is 11.4 Å². The minimum Gasteiger partial charge on any atom is -0.377 e. The van der Waals surface area contributed by atoms with Gasteiger partial charge in [0.05, 0.1) is 9.40 Å². The van der Waals surface area contributed by atoms with E-state index in [0.717, 1.165) is 6.54 Å². The minimum absolute atomic E-state index is 0.0161. The molecule has 2 rings (SSSR count). The van der Waals surface area contributed by atoms with Crippen LogP contribution in [-0.4, -0.2) is 27.5 Å². The van der Waals surface area contributed by atoms with E-state index in [9.17, 15) is 10.1 Å². The second-order valence-corrected chi connectivity index (χ2v) is 6.05. The quantitative estimate of drug-likeness (QED) is 0.682. The van der Waals surface area contributed by atoms with E-state index in [0.29, 0.717) is 15.4 Å². The number of halogens is 1. The Morgan fingerprint density at radius 1 is 1.65 bits per heavy atom. The molecule has 0 amide bonds. The highest BCUT2D eigenvalue weighted by Crippen LogP contribution is 2.32. The van der Waals surface area contributed by atoms with Crippen LogP contribution < -0.4 is 5.32 Å². The zero-order chi connectivity index (χ0) is 12.3. The average molecular weight is 318 g/mol. The number of nitrogens with zero attached hydrogens (tertiary/aromatic N) is 2. The van der Waals surface area contributed by atoms with Crippen molar-refractivity contribution in [2.75, 3.05) is 17.6 Å². The summed E-state index contributed by atoms with van der Waals surface area (Å²) in [5.74, 6) is 1.19. The maximum atomic E-state index is 10.9. The van der Waals surface area contributed by atoms with Crippen molar-refractivity contribution in [3.8, 4) is 0 Å². The molecule has 0 saturated carbocycles. The number of hydrogen-bond acceptors (Lipinski definition) is 5. The van der Waals surface area contributed by atoms with Gasteiger partial charge in [-0.15, -0.1) is 0 Å². The number of pyridine rings is 1. The van der Waals surface area contributed by atoms with E-state index >= 15 is 0 Å². The number of thioether (sulfide) groups is 1. The van der Waals surface area contributed by atoms with Crippen LogP contribution in [0.5, 0.6) is 0 Å². The first-order valence-electron chi connectivity index (χ1n) is 5.32. The topological polar surface area (TPSA) is 68.1 Å². The van der Waals surface area contributed by atoms with E-state index in [1.54, 1.807) is 6.20 Å². The molecule has 1 aliphatic heterocycles. The molecule has 92 valence electrons. The molecule has 2 heterocycles. The molecular formula is C10H12BrN3O2S. The average Bonchev–Trinajstić information content (AvgIpc) is 2.80. The lowest BCUT2D eigenvalue weighted by Crippen LogP contribution is -2.15. The van der Waals surface area contributed by atoms with Crippen molar-refractivity contribution in [3.05, 3.63) is 27.0 Å². The lowest BCUT2D eigenvalue weighted by atomic mass is 10.2. The molecule has 1 fully saturated rings. The molecule has 1 N–H and O–H groups in total. The highest BCUT2D eigenvalue weighted by Gasteiger charge is 2.20. The van der Waals surface area contributed by atoms with E-state index in [4.69, 9.17) is 0 Å². The molecule has 5 nitrogen and oxygen atoms in total. The summed E-state index contributed by atoms with van der Waals surface area (Å²) in [6, 6.07) is 0. The summed E-state index contributed by atoms with van der Waals surface area (Å²) in [7, 11) is 0. The minimum atomic E-state index is -0.415. The smallest absolute Gasteiger partial charge is 0.311 e. The molecule has 7 heteroatoms. The first kappa shape index (κ1) is 12.6. The second kappa shape index (κ2) is 5.68. The maximum absolute atomic E-state index is 10.9. The summed E-state index contributed by atoms with van der Waals surface area (Å²) in [5, 5.41) is 14.6. The third-order valence-corrected chi connectivity index (χ3v) is 4.61. The van der Waals surface area contributed by atoms with Gasteiger partial charge in [-0.25, -0.2) is 0 Å². The summed E-state index contributed by atoms with van der Waals surface area (Å²) in [6.45, 7) is 0.758. The first-order chi connectivity index (χ1) is 8.18. The van der Waals surface area contributed by atoms with Gasteiger partial charge in [-0.2, -0.15) is 11.8 Å². The van der Waals surface area contributed by atoms with Crippen molar-refractivity contribution in [3.63, 3.8) is 0 Å². The highest BCUT2D eigenvalue weighted by atomic mass is 79.9. The van der Waals surface area contributed by atoms with Crippen LogP contribution in [0.25, 0.3) is 0 Å². The molecule has 17 heavy (non-hydrogen) atoms. The van der Waals surface area contributed by atoms with Crippen LogP contribution in [-0.2, 0) is 0 Å². The van der Waals surface area contributed by atoms with Crippen molar-refractivity contribution in [1.82, 2.24) is 4.98 Å². The van der Waals surface area contributed by atoms with Gasteiger partial charge in [0.15, 0.2) is 0 Å². The van der Waals surface area contributed by atoms with E-state index in [2.05, 4.69) is 26.2 Å². The molecule has 0 aromatic carbocycles. The van der Waals surface area contributed by atoms with Gasteiger partial charge in [-0.05, 0) is 34.5 Å². The van der Waals surface area contributed by atoms with Crippen LogP contribution >= 0.6 is 27.7 Å². The van der Waals surface area contributed by atoms with Crippen molar-refractivity contribution in [1.29, 1.82) is 0 Å². The summed E-state index contributed by atoms with van der Waals surface area (Å²) >= 11 is 5.21. The number of aromatic nitrogens is 1.